The summed E-state index contributed by atoms with van der Waals surface area (Å²) in [5.41, 5.74) is 20.4. The topological polar surface area (TPSA) is 83.6 Å². The highest BCUT2D eigenvalue weighted by Gasteiger charge is 2.31. The summed E-state index contributed by atoms with van der Waals surface area (Å²) in [7, 11) is 30.1. The summed E-state index contributed by atoms with van der Waals surface area (Å²) in [6.07, 6.45) is 17.3. The molecule has 0 radical (unpaired) electrons. The third-order valence-corrected chi connectivity index (χ3v) is 30.3. The number of ether oxygens (including phenoxy) is 1. The van der Waals surface area contributed by atoms with Crippen LogP contribution in [0.5, 0.6) is 5.75 Å². The molecule has 6 aliphatic heterocycles. The van der Waals surface area contributed by atoms with Crippen LogP contribution in [0.2, 0.25) is 5.02 Å². The summed E-state index contributed by atoms with van der Waals surface area (Å²) >= 11 is 6.45. The molecule has 6 saturated heterocycles. The number of piperidine rings is 5. The van der Waals surface area contributed by atoms with Crippen LogP contribution in [0.15, 0.2) is 140 Å². The lowest BCUT2D eigenvalue weighted by Crippen LogP contribution is -2.49. The molecule has 7 aliphatic rings. The molecule has 14 rings (SSSR count). The minimum Gasteiger partial charge on any atom is -0.495 e. The number of nitrogens with zero attached hydrogens (tertiary/aromatic N) is 13. The number of halogens is 2. The molecule has 16 nitrogen and oxygen atoms in total. The molecule has 1 atom stereocenters. The third kappa shape index (κ3) is 33.6. The molecule has 7 fully saturated rings. The van der Waals surface area contributed by atoms with Crippen LogP contribution in [0.3, 0.4) is 0 Å². The maximum absolute atomic E-state index is 14.2. The molecule has 1 aliphatic carbocycles. The largest absolute Gasteiger partial charge is 0.495 e. The molecule has 0 spiro atoms. The average molecular weight is 1850 g/mol. The number of anilines is 7. The highest BCUT2D eigenvalue weighted by molar-refractivity contribution is 6.33. The van der Waals surface area contributed by atoms with Gasteiger partial charge in [0.05, 0.1) is 35.8 Å². The van der Waals surface area contributed by atoms with Crippen molar-refractivity contribution in [2.24, 2.45) is 0 Å². The van der Waals surface area contributed by atoms with Crippen molar-refractivity contribution >= 4 is 51.4 Å². The summed E-state index contributed by atoms with van der Waals surface area (Å²) in [6, 6.07) is 56.2. The lowest BCUT2D eigenvalue weighted by Gasteiger charge is -2.38. The highest BCUT2D eigenvalue weighted by atomic mass is 35.5. The number of aliphatic hydroxyl groups excluding tert-OH is 1. The number of aryl methyl sites for hydroxylation is 1. The van der Waals surface area contributed by atoms with Crippen LogP contribution in [-0.4, -0.2) is 267 Å². The second-order valence-electron chi connectivity index (χ2n) is 42.9. The van der Waals surface area contributed by atoms with Crippen LogP contribution in [-0.2, 0) is 6.61 Å². The Morgan fingerprint density at radius 2 is 0.654 bits per heavy atom. The number of methoxy groups -OCH3 is 1. The van der Waals surface area contributed by atoms with Crippen LogP contribution in [0, 0.1) is 12.7 Å². The Morgan fingerprint density at radius 1 is 0.353 bits per heavy atom. The number of hydrogen-bond donors (Lipinski definition) is 2. The van der Waals surface area contributed by atoms with Gasteiger partial charge in [0.25, 0.3) is 0 Å². The summed E-state index contributed by atoms with van der Waals surface area (Å²) in [5.74, 6) is 4.75. The molecular formula is C115H186ClFN14O2. The van der Waals surface area contributed by atoms with Gasteiger partial charge < -0.3 is 78.9 Å². The molecule has 742 valence electrons. The number of rotatable bonds is 23. The predicted octanol–water partition coefficient (Wildman–Crippen LogP) is 24.0. The normalized spacial score (nSPS) is 18.8. The first-order valence-electron chi connectivity index (χ1n) is 51.4. The van der Waals surface area contributed by atoms with Gasteiger partial charge in [-0.15, -0.1) is 0 Å². The molecule has 7 aromatic rings. The van der Waals surface area contributed by atoms with Crippen molar-refractivity contribution in [3.63, 3.8) is 0 Å². The Labute approximate surface area is 816 Å². The first kappa shape index (κ1) is 111. The minimum absolute atomic E-state index is 0.0745. The summed E-state index contributed by atoms with van der Waals surface area (Å²) in [5, 5.41) is 14.0. The van der Waals surface area contributed by atoms with Gasteiger partial charge in [-0.1, -0.05) is 175 Å². The molecule has 7 aromatic carbocycles. The van der Waals surface area contributed by atoms with E-state index in [4.69, 9.17) is 16.3 Å². The summed E-state index contributed by atoms with van der Waals surface area (Å²) in [6.45, 7) is 49.7. The molecule has 18 heteroatoms. The molecule has 0 unspecified atom stereocenters. The predicted molar refractivity (Wildman–Crippen MR) is 578 cm³/mol. The zero-order valence-corrected chi connectivity index (χ0v) is 89.9. The average Bonchev–Trinajstić information content (AvgIpc) is 0.825. The number of benzene rings is 7. The van der Waals surface area contributed by atoms with Gasteiger partial charge in [-0.05, 0) is 347 Å². The Balaban J connectivity index is 0.000000191. The van der Waals surface area contributed by atoms with Crippen molar-refractivity contribution < 1.29 is 14.2 Å². The van der Waals surface area contributed by atoms with Gasteiger partial charge in [0, 0.05) is 169 Å². The van der Waals surface area contributed by atoms with E-state index in [1.807, 2.05) is 6.07 Å². The first-order valence-corrected chi connectivity index (χ1v) is 51.8. The van der Waals surface area contributed by atoms with E-state index in [2.05, 4.69) is 399 Å². The number of piperazine rings is 1. The Bertz CT molecular complexity index is 4160. The highest BCUT2D eigenvalue weighted by Crippen LogP contribution is 2.39. The van der Waals surface area contributed by atoms with E-state index in [9.17, 15) is 9.50 Å². The fourth-order valence-corrected chi connectivity index (χ4v) is 20.4. The smallest absolute Gasteiger partial charge is 0.146 e. The Morgan fingerprint density at radius 3 is 1.02 bits per heavy atom. The first-order chi connectivity index (χ1) is 63.2. The van der Waals surface area contributed by atoms with Crippen molar-refractivity contribution in [2.75, 3.05) is 218 Å². The van der Waals surface area contributed by atoms with Crippen molar-refractivity contribution in [3.8, 4) is 5.75 Å². The van der Waals surface area contributed by atoms with Gasteiger partial charge in [-0.3, -0.25) is 0 Å². The molecule has 133 heavy (non-hydrogen) atoms. The maximum atomic E-state index is 14.2. The van der Waals surface area contributed by atoms with Crippen LogP contribution in [0.4, 0.5) is 44.2 Å². The van der Waals surface area contributed by atoms with Gasteiger partial charge in [0.1, 0.15) is 11.6 Å². The Kier molecular flexibility index (Phi) is 45.8. The fourth-order valence-electron chi connectivity index (χ4n) is 20.0. The SMILES string of the molecule is CC(C)c1ccc(N(C)C2CCC(N(C)C)CC2)cc1.CC(C)c1ccc(N2CCC(N(C)C)CC2)c(CO)c1.CC(C)c1ccc(N2CCC(N(C)C)CC2)c(Cl)c1.CC(C)c1ccc(N2CCC(N(C)C)CC2)c(F)c1.CC(C)c1ccc(N2CCNC[C@H]2C)cc1.COc1cc(C(C)C)ccc1N1CCC(N(C)C)CC1.Cc1cc(C(C)C)ccc1N1CCC(N(C)C)CC1. The molecule has 0 aromatic heterocycles. The van der Waals surface area contributed by atoms with Crippen molar-refractivity contribution in [2.45, 2.75) is 297 Å². The second kappa shape index (κ2) is 54.8. The lowest BCUT2D eigenvalue weighted by molar-refractivity contribution is 0.215. The summed E-state index contributed by atoms with van der Waals surface area (Å²) in [4.78, 5) is 31.0. The van der Waals surface area contributed by atoms with E-state index < -0.39 is 0 Å². The molecule has 0 amide bonds. The van der Waals surface area contributed by atoms with Gasteiger partial charge in [-0.2, -0.15) is 0 Å². The van der Waals surface area contributed by atoms with Gasteiger partial charge >= 0.3 is 0 Å². The van der Waals surface area contributed by atoms with Gasteiger partial charge in [-0.25, -0.2) is 4.39 Å². The van der Waals surface area contributed by atoms with Crippen LogP contribution in [0.25, 0.3) is 0 Å². The van der Waals surface area contributed by atoms with Crippen LogP contribution >= 0.6 is 11.6 Å². The summed E-state index contributed by atoms with van der Waals surface area (Å²) < 4.78 is 19.8. The lowest BCUT2D eigenvalue weighted by atomic mass is 9.89. The van der Waals surface area contributed by atoms with E-state index >= 15 is 0 Å². The molecule has 1 saturated carbocycles. The zero-order valence-electron chi connectivity index (χ0n) is 89.2. The molecule has 0 bridgehead atoms. The van der Waals surface area contributed by atoms with Gasteiger partial charge in [0.15, 0.2) is 0 Å². The Hall–Kier alpha value is -7.16. The fraction of sp³-hybridized carbons (Fsp3) is 0.635. The third-order valence-electron chi connectivity index (χ3n) is 30.0. The second-order valence-corrected chi connectivity index (χ2v) is 43.3. The molecule has 6 heterocycles. The maximum Gasteiger partial charge on any atom is 0.146 e. The number of nitrogens with one attached hydrogen (secondary N) is 1. The van der Waals surface area contributed by atoms with Crippen molar-refractivity contribution in [1.29, 1.82) is 0 Å². The number of aliphatic hydroxyl groups is 1. The van der Waals surface area contributed by atoms with E-state index in [0.29, 0.717) is 77.7 Å². The monoisotopic (exact) mass is 1850 g/mol. The zero-order chi connectivity index (χ0) is 97.6. The quantitative estimate of drug-likeness (QED) is 0.0637. The molecular weight excluding hydrogens is 1660 g/mol. The van der Waals surface area contributed by atoms with E-state index in [0.717, 1.165) is 125 Å². The van der Waals surface area contributed by atoms with E-state index in [-0.39, 0.29) is 12.4 Å². The van der Waals surface area contributed by atoms with Crippen LogP contribution < -0.4 is 44.4 Å². The van der Waals surface area contributed by atoms with Crippen LogP contribution in [0.1, 0.15) is 285 Å². The van der Waals surface area contributed by atoms with E-state index in [1.54, 1.807) is 13.2 Å². The van der Waals surface area contributed by atoms with Crippen molar-refractivity contribution in [3.05, 3.63) is 200 Å². The van der Waals surface area contributed by atoms with Gasteiger partial charge in [0.2, 0.25) is 0 Å². The standard InChI is InChI=1S/C18H30N2.2C17H28N2O.C17H28N2.C16H25ClN2.C16H25FN2.C14H22N2/c1-14(2)15-6-8-17(9-7-15)20(5)18-12-10-16(11-13-18)19(3)4;1-13(2)14-6-7-16(17(12-14)20-5)19-10-8-15(9-11-19)18(3)4;1-13(2)14-5-6-17(15(11-14)12-20)19-9-7-16(8-10-19)18(3)4;1-13(2)15-6-7-17(14(3)12-15)19-10-8-16(9-11-19)18(4)5;2*1-12(2)13-5-6-16(15(17)11-13)19-9-7-14(8-10-19)18(3)4;1-11(2)13-4-6-14(7-5-13)16-9-8-15-10-12(16)3/h6-9,14,16,18H,10-13H2,1-5H3;6-7,12-13,15H,8-11H2,1-5H3;5-6,11,13,16,20H,7-10,12H2,1-4H3;6-7,12-13,16H,8-11H2,1-5H3;2*5-6,11-12,14H,7-10H2,1-4H3;4-7,11-12,15H,8-10H2,1-3H3/t;;;;;;12-/m......1/s1. The minimum atomic E-state index is -0.0745. The number of hydrogen-bond acceptors (Lipinski definition) is 16. The van der Waals surface area contributed by atoms with E-state index in [1.165, 1.54) is 163 Å². The van der Waals surface area contributed by atoms with Crippen molar-refractivity contribution in [1.82, 2.24) is 34.7 Å². The molecule has 2 N–H and O–H groups in total.